The van der Waals surface area contributed by atoms with E-state index in [-0.39, 0.29) is 22.6 Å². The van der Waals surface area contributed by atoms with Crippen LogP contribution in [0.3, 0.4) is 0 Å². The van der Waals surface area contributed by atoms with E-state index in [0.29, 0.717) is 11.3 Å². The molecule has 0 aliphatic rings. The van der Waals surface area contributed by atoms with Crippen molar-refractivity contribution in [3.8, 4) is 11.6 Å². The molecule has 8 heteroatoms. The summed E-state index contributed by atoms with van der Waals surface area (Å²) in [6.45, 7) is 3.43. The van der Waals surface area contributed by atoms with Crippen molar-refractivity contribution in [2.45, 2.75) is 13.8 Å². The van der Waals surface area contributed by atoms with Crippen molar-refractivity contribution < 1.29 is 10.2 Å². The predicted octanol–water partition coefficient (Wildman–Crippen LogP) is 2.00. The van der Waals surface area contributed by atoms with Gasteiger partial charge in [-0.3, -0.25) is 0 Å². The van der Waals surface area contributed by atoms with Crippen LogP contribution in [0, 0.1) is 13.8 Å². The molecule has 1 aromatic carbocycles. The lowest BCUT2D eigenvalue weighted by atomic mass is 10.1. The van der Waals surface area contributed by atoms with Gasteiger partial charge in [0.05, 0.1) is 11.2 Å². The van der Waals surface area contributed by atoms with E-state index in [0.717, 1.165) is 5.56 Å². The topological polar surface area (TPSA) is 104 Å². The summed E-state index contributed by atoms with van der Waals surface area (Å²) in [5.41, 5.74) is 4.16. The van der Waals surface area contributed by atoms with Crippen LogP contribution < -0.4 is 5.43 Å². The maximum absolute atomic E-state index is 9.77. The van der Waals surface area contributed by atoms with Crippen molar-refractivity contribution in [3.63, 3.8) is 0 Å². The van der Waals surface area contributed by atoms with Crippen molar-refractivity contribution in [3.05, 3.63) is 34.0 Å². The second kappa shape index (κ2) is 5.70. The third-order valence-electron chi connectivity index (χ3n) is 2.44. The van der Waals surface area contributed by atoms with Crippen LogP contribution in [0.2, 0.25) is 5.02 Å². The Bertz CT molecular complexity index is 675. The van der Waals surface area contributed by atoms with Gasteiger partial charge in [-0.05, 0) is 31.5 Å². The quantitative estimate of drug-likeness (QED) is 0.591. The number of aromatic nitrogens is 3. The Morgan fingerprint density at radius 1 is 1.25 bits per heavy atom. The molecule has 0 spiro atoms. The molecule has 0 fully saturated rings. The molecule has 3 N–H and O–H groups in total. The van der Waals surface area contributed by atoms with E-state index in [2.05, 4.69) is 25.7 Å². The molecule has 104 valence electrons. The van der Waals surface area contributed by atoms with Crippen LogP contribution in [0.25, 0.3) is 0 Å². The number of phenols is 1. The van der Waals surface area contributed by atoms with Gasteiger partial charge >= 0.3 is 0 Å². The lowest BCUT2D eigenvalue weighted by Crippen LogP contribution is -2.00. The minimum absolute atomic E-state index is 0.0441. The zero-order chi connectivity index (χ0) is 14.7. The van der Waals surface area contributed by atoms with Crippen LogP contribution in [0.5, 0.6) is 11.6 Å². The first-order chi connectivity index (χ1) is 9.47. The molecule has 1 heterocycles. The minimum Gasteiger partial charge on any atom is -0.506 e. The zero-order valence-electron chi connectivity index (χ0n) is 10.8. The van der Waals surface area contributed by atoms with Crippen LogP contribution in [0.4, 0.5) is 5.95 Å². The van der Waals surface area contributed by atoms with E-state index in [1.165, 1.54) is 6.21 Å². The number of phenolic OH excluding ortho intramolecular Hbond substituents is 1. The molecule has 0 saturated heterocycles. The number of nitrogens with one attached hydrogen (secondary N) is 1. The molecule has 2 aromatic rings. The van der Waals surface area contributed by atoms with Crippen LogP contribution in [-0.2, 0) is 0 Å². The maximum Gasteiger partial charge on any atom is 0.266 e. The van der Waals surface area contributed by atoms with Gasteiger partial charge in [-0.25, -0.2) is 5.43 Å². The fourth-order valence-corrected chi connectivity index (χ4v) is 1.72. The average molecular weight is 294 g/mol. The molecule has 20 heavy (non-hydrogen) atoms. The average Bonchev–Trinajstić information content (AvgIpc) is 2.39. The lowest BCUT2D eigenvalue weighted by Gasteiger charge is -2.03. The van der Waals surface area contributed by atoms with Crippen molar-refractivity contribution >= 4 is 23.8 Å². The predicted molar refractivity (Wildman–Crippen MR) is 75.3 cm³/mol. The second-order valence-corrected chi connectivity index (χ2v) is 4.51. The van der Waals surface area contributed by atoms with Gasteiger partial charge < -0.3 is 10.2 Å². The molecule has 0 atom stereocenters. The van der Waals surface area contributed by atoms with E-state index in [1.807, 2.05) is 6.92 Å². The monoisotopic (exact) mass is 293 g/mol. The van der Waals surface area contributed by atoms with Gasteiger partial charge in [0.25, 0.3) is 5.95 Å². The van der Waals surface area contributed by atoms with Crippen molar-refractivity contribution in [1.82, 2.24) is 15.2 Å². The summed E-state index contributed by atoms with van der Waals surface area (Å²) in [5, 5.41) is 30.6. The van der Waals surface area contributed by atoms with Crippen molar-refractivity contribution in [2.24, 2.45) is 5.10 Å². The van der Waals surface area contributed by atoms with Gasteiger partial charge in [0, 0.05) is 5.56 Å². The summed E-state index contributed by atoms with van der Waals surface area (Å²) in [4.78, 5) is 3.73. The number of aromatic hydroxyl groups is 2. The van der Waals surface area contributed by atoms with Crippen LogP contribution in [0.1, 0.15) is 16.8 Å². The third-order valence-corrected chi connectivity index (χ3v) is 2.72. The van der Waals surface area contributed by atoms with Gasteiger partial charge in [-0.15, -0.1) is 10.2 Å². The summed E-state index contributed by atoms with van der Waals surface area (Å²) in [7, 11) is 0. The van der Waals surface area contributed by atoms with Gasteiger partial charge in [0.15, 0.2) is 0 Å². The Hall–Kier alpha value is -2.41. The minimum atomic E-state index is -0.223. The third kappa shape index (κ3) is 3.12. The molecule has 0 bridgehead atoms. The van der Waals surface area contributed by atoms with Crippen molar-refractivity contribution in [2.75, 3.05) is 5.43 Å². The molecular formula is C12H12ClN5O2. The molecule has 0 aliphatic heterocycles. The molecular weight excluding hydrogens is 282 g/mol. The van der Waals surface area contributed by atoms with E-state index in [9.17, 15) is 10.2 Å². The summed E-state index contributed by atoms with van der Waals surface area (Å²) >= 11 is 5.85. The van der Waals surface area contributed by atoms with Crippen molar-refractivity contribution in [1.29, 1.82) is 0 Å². The van der Waals surface area contributed by atoms with Crippen LogP contribution in [0.15, 0.2) is 17.2 Å². The highest BCUT2D eigenvalue weighted by Crippen LogP contribution is 2.27. The highest BCUT2D eigenvalue weighted by Gasteiger charge is 2.05. The molecule has 1 aromatic heterocycles. The Labute approximate surface area is 120 Å². The fourth-order valence-electron chi connectivity index (χ4n) is 1.44. The van der Waals surface area contributed by atoms with Gasteiger partial charge in [0.2, 0.25) is 5.88 Å². The number of nitrogens with zero attached hydrogens (tertiary/aromatic N) is 4. The summed E-state index contributed by atoms with van der Waals surface area (Å²) in [6, 6.07) is 3.37. The summed E-state index contributed by atoms with van der Waals surface area (Å²) in [5.74, 6) is -0.240. The SMILES string of the molecule is Cc1cc(Cl)c(O)c(/C=N/Nc2nnc(C)c(O)n2)c1. The number of hydrazone groups is 1. The first-order valence-electron chi connectivity index (χ1n) is 5.66. The number of aryl methyl sites for hydroxylation is 2. The Kier molecular flexibility index (Phi) is 3.99. The molecule has 7 nitrogen and oxygen atoms in total. The highest BCUT2D eigenvalue weighted by molar-refractivity contribution is 6.32. The second-order valence-electron chi connectivity index (χ2n) is 4.10. The normalized spacial score (nSPS) is 10.9. The Morgan fingerprint density at radius 2 is 2.00 bits per heavy atom. The number of halogens is 1. The summed E-state index contributed by atoms with van der Waals surface area (Å²) < 4.78 is 0. The van der Waals surface area contributed by atoms with E-state index in [4.69, 9.17) is 11.6 Å². The molecule has 0 saturated carbocycles. The van der Waals surface area contributed by atoms with Crippen LogP contribution >= 0.6 is 11.6 Å². The smallest absolute Gasteiger partial charge is 0.266 e. The molecule has 0 unspecified atom stereocenters. The first kappa shape index (κ1) is 14.0. The molecule has 0 radical (unpaired) electrons. The van der Waals surface area contributed by atoms with E-state index < -0.39 is 0 Å². The fraction of sp³-hybridized carbons (Fsp3) is 0.167. The number of hydrogen-bond donors (Lipinski definition) is 3. The number of hydrogen-bond acceptors (Lipinski definition) is 7. The molecule has 2 rings (SSSR count). The highest BCUT2D eigenvalue weighted by atomic mass is 35.5. The molecule has 0 amide bonds. The lowest BCUT2D eigenvalue weighted by molar-refractivity contribution is 0.442. The first-order valence-corrected chi connectivity index (χ1v) is 6.03. The zero-order valence-corrected chi connectivity index (χ0v) is 11.5. The number of rotatable bonds is 3. The maximum atomic E-state index is 9.77. The van der Waals surface area contributed by atoms with E-state index in [1.54, 1.807) is 19.1 Å². The largest absolute Gasteiger partial charge is 0.506 e. The van der Waals surface area contributed by atoms with E-state index >= 15 is 0 Å². The standard InChI is InChI=1S/C12H12ClN5O2/c1-6-3-8(10(19)9(13)4-6)5-14-17-12-15-11(20)7(2)16-18-12/h3-5,19H,1-2H3,(H2,15,17,18,20)/b14-5+. The van der Waals surface area contributed by atoms with Gasteiger partial charge in [0.1, 0.15) is 11.4 Å². The summed E-state index contributed by atoms with van der Waals surface area (Å²) in [6.07, 6.45) is 1.37. The van der Waals surface area contributed by atoms with Gasteiger partial charge in [-0.2, -0.15) is 10.1 Å². The number of benzene rings is 1. The molecule has 0 aliphatic carbocycles. The van der Waals surface area contributed by atoms with Crippen LogP contribution in [-0.4, -0.2) is 31.6 Å². The Balaban J connectivity index is 2.16. The van der Waals surface area contributed by atoms with Gasteiger partial charge in [-0.1, -0.05) is 11.6 Å². The Morgan fingerprint density at radius 3 is 2.70 bits per heavy atom. The number of anilines is 1.